The third kappa shape index (κ3) is 4.23. The van der Waals surface area contributed by atoms with Crippen LogP contribution >= 0.6 is 0 Å². The van der Waals surface area contributed by atoms with E-state index in [9.17, 15) is 9.59 Å². The second-order valence-electron chi connectivity index (χ2n) is 7.12. The molecule has 6 nitrogen and oxygen atoms in total. The Morgan fingerprint density at radius 2 is 2.08 bits per heavy atom. The quantitative estimate of drug-likeness (QED) is 0.809. The van der Waals surface area contributed by atoms with E-state index in [0.29, 0.717) is 19.1 Å². The topological polar surface area (TPSA) is 67.2 Å². The first-order valence-corrected chi connectivity index (χ1v) is 9.54. The van der Waals surface area contributed by atoms with Crippen LogP contribution in [0.15, 0.2) is 24.3 Å². The molecule has 26 heavy (non-hydrogen) atoms. The van der Waals surface area contributed by atoms with Gasteiger partial charge in [-0.1, -0.05) is 12.1 Å². The number of aromatic nitrogens is 2. The number of para-hydroxylation sites is 2. The lowest BCUT2D eigenvalue weighted by atomic mass is 10.0. The minimum absolute atomic E-state index is 0.0206. The maximum absolute atomic E-state index is 12.9. The number of amides is 2. The molecule has 1 fully saturated rings. The molecule has 0 saturated carbocycles. The number of piperidine rings is 1. The number of likely N-dealkylation sites (tertiary alicyclic amines) is 1. The second-order valence-corrected chi connectivity index (χ2v) is 7.12. The number of carbonyl (C=O) groups excluding carboxylic acids is 2. The molecule has 1 saturated heterocycles. The molecule has 1 aromatic carbocycles. The third-order valence-electron chi connectivity index (χ3n) is 5.10. The largest absolute Gasteiger partial charge is 0.356 e. The summed E-state index contributed by atoms with van der Waals surface area (Å²) in [7, 11) is 0. The zero-order valence-corrected chi connectivity index (χ0v) is 15.7. The Morgan fingerprint density at radius 1 is 1.27 bits per heavy atom. The first-order chi connectivity index (χ1) is 12.6. The number of carbonyl (C=O) groups is 2. The van der Waals surface area contributed by atoms with Gasteiger partial charge in [-0.25, -0.2) is 4.98 Å². The van der Waals surface area contributed by atoms with Gasteiger partial charge in [-0.3, -0.25) is 9.59 Å². The number of rotatable bonds is 6. The van der Waals surface area contributed by atoms with E-state index in [1.54, 1.807) is 0 Å². The van der Waals surface area contributed by atoms with E-state index in [1.807, 2.05) is 33.7 Å². The Kier molecular flexibility index (Phi) is 5.91. The lowest BCUT2D eigenvalue weighted by Crippen LogP contribution is -2.43. The number of aryl methyl sites for hydroxylation is 1. The van der Waals surface area contributed by atoms with Crippen molar-refractivity contribution in [1.82, 2.24) is 19.8 Å². The van der Waals surface area contributed by atoms with E-state index >= 15 is 0 Å². The molecule has 1 unspecified atom stereocenters. The summed E-state index contributed by atoms with van der Waals surface area (Å²) in [5, 5.41) is 2.82. The van der Waals surface area contributed by atoms with Gasteiger partial charge in [0, 0.05) is 32.5 Å². The fourth-order valence-corrected chi connectivity index (χ4v) is 3.70. The lowest BCUT2D eigenvalue weighted by molar-refractivity contribution is -0.135. The molecule has 1 atom stereocenters. The molecular formula is C20H28N4O2. The summed E-state index contributed by atoms with van der Waals surface area (Å²) in [6, 6.07) is 8.27. The average Bonchev–Trinajstić information content (AvgIpc) is 2.96. The van der Waals surface area contributed by atoms with Crippen molar-refractivity contribution in [3.05, 3.63) is 30.1 Å². The molecule has 0 spiro atoms. The number of hydrogen-bond acceptors (Lipinski definition) is 3. The van der Waals surface area contributed by atoms with Crippen LogP contribution in [0.3, 0.4) is 0 Å². The fraction of sp³-hybridized carbons (Fsp3) is 0.550. The Balaban J connectivity index is 1.77. The van der Waals surface area contributed by atoms with Crippen LogP contribution in [0.1, 0.15) is 45.4 Å². The molecule has 6 heteroatoms. The van der Waals surface area contributed by atoms with Gasteiger partial charge < -0.3 is 14.8 Å². The van der Waals surface area contributed by atoms with Crippen LogP contribution in [0, 0.1) is 0 Å². The number of nitrogens with zero attached hydrogens (tertiary/aromatic N) is 3. The van der Waals surface area contributed by atoms with Gasteiger partial charge in [0.1, 0.15) is 12.4 Å². The predicted molar refractivity (Wildman–Crippen MR) is 102 cm³/mol. The van der Waals surface area contributed by atoms with Gasteiger partial charge >= 0.3 is 0 Å². The summed E-state index contributed by atoms with van der Waals surface area (Å²) in [4.78, 5) is 30.7. The average molecular weight is 356 g/mol. The van der Waals surface area contributed by atoms with Crippen molar-refractivity contribution in [2.75, 3.05) is 13.1 Å². The molecule has 2 aromatic rings. The molecule has 1 aliphatic rings. The zero-order valence-electron chi connectivity index (χ0n) is 15.7. The van der Waals surface area contributed by atoms with E-state index in [1.165, 1.54) is 13.3 Å². The van der Waals surface area contributed by atoms with E-state index < -0.39 is 0 Å². The van der Waals surface area contributed by atoms with E-state index in [2.05, 4.69) is 12.2 Å². The first-order valence-electron chi connectivity index (χ1n) is 9.54. The number of fused-ring (bicyclic) bond motifs is 1. The van der Waals surface area contributed by atoms with Crippen LogP contribution in [0.4, 0.5) is 0 Å². The summed E-state index contributed by atoms with van der Waals surface area (Å²) in [6.07, 6.45) is 4.91. The molecule has 140 valence electrons. The van der Waals surface area contributed by atoms with Crippen molar-refractivity contribution in [3.63, 3.8) is 0 Å². The molecule has 3 rings (SSSR count). The smallest absolute Gasteiger partial charge is 0.242 e. The minimum Gasteiger partial charge on any atom is -0.356 e. The Bertz CT molecular complexity index is 783. The zero-order chi connectivity index (χ0) is 18.5. The first kappa shape index (κ1) is 18.4. The monoisotopic (exact) mass is 356 g/mol. The highest BCUT2D eigenvalue weighted by atomic mass is 16.2. The summed E-state index contributed by atoms with van der Waals surface area (Å²) in [6.45, 7) is 5.46. The summed E-state index contributed by atoms with van der Waals surface area (Å²) < 4.78 is 2.05. The van der Waals surface area contributed by atoms with Crippen LogP contribution in [0.2, 0.25) is 0 Å². The highest BCUT2D eigenvalue weighted by Crippen LogP contribution is 2.20. The van der Waals surface area contributed by atoms with Crippen LogP contribution in [-0.2, 0) is 22.6 Å². The Morgan fingerprint density at radius 3 is 2.85 bits per heavy atom. The van der Waals surface area contributed by atoms with E-state index in [0.717, 1.165) is 49.1 Å². The van der Waals surface area contributed by atoms with Gasteiger partial charge in [0.15, 0.2) is 0 Å². The maximum atomic E-state index is 12.9. The van der Waals surface area contributed by atoms with Crippen LogP contribution in [-0.4, -0.2) is 45.4 Å². The minimum atomic E-state index is -0.0206. The highest BCUT2D eigenvalue weighted by Gasteiger charge is 2.24. The molecule has 1 aromatic heterocycles. The van der Waals surface area contributed by atoms with E-state index in [-0.39, 0.29) is 11.8 Å². The predicted octanol–water partition coefficient (Wildman–Crippen LogP) is 2.51. The van der Waals surface area contributed by atoms with Crippen molar-refractivity contribution in [2.45, 2.75) is 58.5 Å². The Labute approximate surface area is 154 Å². The van der Waals surface area contributed by atoms with Gasteiger partial charge in [0.2, 0.25) is 11.8 Å². The molecule has 1 aliphatic heterocycles. The summed E-state index contributed by atoms with van der Waals surface area (Å²) in [5.41, 5.74) is 1.92. The van der Waals surface area contributed by atoms with Crippen molar-refractivity contribution in [2.24, 2.45) is 0 Å². The number of nitrogens with one attached hydrogen (secondary N) is 1. The molecule has 1 N–H and O–H groups in total. The molecule has 0 aliphatic carbocycles. The molecular weight excluding hydrogens is 328 g/mol. The number of imidazole rings is 1. The fourth-order valence-electron chi connectivity index (χ4n) is 3.70. The number of hydrogen-bond donors (Lipinski definition) is 1. The maximum Gasteiger partial charge on any atom is 0.242 e. The standard InChI is InChI=1S/C20H28N4O2/c1-15-8-5-6-13-23(15)20(26)14-24-18-10-4-3-9-17(18)22-19(24)11-7-12-21-16(2)25/h3-4,9-10,15H,5-8,11-14H2,1-2H3,(H,21,25). The summed E-state index contributed by atoms with van der Waals surface area (Å²) >= 11 is 0. The van der Waals surface area contributed by atoms with Crippen LogP contribution < -0.4 is 5.32 Å². The highest BCUT2D eigenvalue weighted by molar-refractivity contribution is 5.81. The molecule has 2 heterocycles. The second kappa shape index (κ2) is 8.34. The van der Waals surface area contributed by atoms with Gasteiger partial charge in [0.25, 0.3) is 0 Å². The van der Waals surface area contributed by atoms with Crippen LogP contribution in [0.5, 0.6) is 0 Å². The number of benzene rings is 1. The third-order valence-corrected chi connectivity index (χ3v) is 5.10. The Hall–Kier alpha value is -2.37. The van der Waals surface area contributed by atoms with Gasteiger partial charge in [-0.2, -0.15) is 0 Å². The van der Waals surface area contributed by atoms with E-state index in [4.69, 9.17) is 4.98 Å². The normalized spacial score (nSPS) is 17.5. The molecule has 0 radical (unpaired) electrons. The molecule has 0 bridgehead atoms. The molecule has 2 amide bonds. The SMILES string of the molecule is CC(=O)NCCCc1nc2ccccc2n1CC(=O)N1CCCCC1C. The van der Waals surface area contributed by atoms with Crippen molar-refractivity contribution < 1.29 is 9.59 Å². The van der Waals surface area contributed by atoms with Crippen molar-refractivity contribution >= 4 is 22.8 Å². The van der Waals surface area contributed by atoms with Gasteiger partial charge in [0.05, 0.1) is 11.0 Å². The van der Waals surface area contributed by atoms with Gasteiger partial charge in [-0.05, 0) is 44.7 Å². The van der Waals surface area contributed by atoms with Crippen molar-refractivity contribution in [1.29, 1.82) is 0 Å². The van der Waals surface area contributed by atoms with Crippen LogP contribution in [0.25, 0.3) is 11.0 Å². The summed E-state index contributed by atoms with van der Waals surface area (Å²) in [5.74, 6) is 1.06. The van der Waals surface area contributed by atoms with Crippen molar-refractivity contribution in [3.8, 4) is 0 Å². The lowest BCUT2D eigenvalue weighted by Gasteiger charge is -2.33. The van der Waals surface area contributed by atoms with Gasteiger partial charge in [-0.15, -0.1) is 0 Å².